The van der Waals surface area contributed by atoms with E-state index in [9.17, 15) is 10.1 Å². The third-order valence-corrected chi connectivity index (χ3v) is 3.26. The first kappa shape index (κ1) is 12.0. The predicted octanol–water partition coefficient (Wildman–Crippen LogP) is 2.66. The summed E-state index contributed by atoms with van der Waals surface area (Å²) in [7, 11) is 0. The van der Waals surface area contributed by atoms with Crippen molar-refractivity contribution >= 4 is 5.97 Å². The molecule has 0 heterocycles. The first-order valence-electron chi connectivity index (χ1n) is 5.69. The monoisotopic (exact) mass is 209 g/mol. The molecule has 0 aromatic heterocycles. The summed E-state index contributed by atoms with van der Waals surface area (Å²) in [5, 5.41) is 9.19. The van der Waals surface area contributed by atoms with Crippen molar-refractivity contribution in [1.29, 1.82) is 5.26 Å². The molecule has 84 valence electrons. The zero-order chi connectivity index (χ0) is 11.3. The Morgan fingerprint density at radius 2 is 2.13 bits per heavy atom. The van der Waals surface area contributed by atoms with Crippen LogP contribution >= 0.6 is 0 Å². The SMILES string of the molecule is CCOC(=O)CC1(C#N)CCC(C)CC1. The zero-order valence-corrected chi connectivity index (χ0v) is 9.58. The molecule has 0 bridgehead atoms. The van der Waals surface area contributed by atoms with E-state index in [0.717, 1.165) is 25.7 Å². The fraction of sp³-hybridized carbons (Fsp3) is 0.833. The van der Waals surface area contributed by atoms with Crippen LogP contribution in [0.5, 0.6) is 0 Å². The van der Waals surface area contributed by atoms with E-state index >= 15 is 0 Å². The van der Waals surface area contributed by atoms with E-state index in [-0.39, 0.29) is 12.4 Å². The van der Waals surface area contributed by atoms with Crippen LogP contribution < -0.4 is 0 Å². The van der Waals surface area contributed by atoms with Crippen LogP contribution in [-0.2, 0) is 9.53 Å². The van der Waals surface area contributed by atoms with Crippen molar-refractivity contribution in [3.8, 4) is 6.07 Å². The standard InChI is InChI=1S/C12H19NO2/c1-3-15-11(14)8-12(9-13)6-4-10(2)5-7-12/h10H,3-8H2,1-2H3. The van der Waals surface area contributed by atoms with Crippen molar-refractivity contribution in [3.63, 3.8) is 0 Å². The molecular formula is C12H19NO2. The molecule has 1 saturated carbocycles. The Bertz CT molecular complexity index is 259. The van der Waals surface area contributed by atoms with Crippen molar-refractivity contribution < 1.29 is 9.53 Å². The fourth-order valence-corrected chi connectivity index (χ4v) is 2.13. The lowest BCUT2D eigenvalue weighted by Crippen LogP contribution is -2.28. The van der Waals surface area contributed by atoms with Crippen molar-refractivity contribution in [2.45, 2.75) is 46.0 Å². The van der Waals surface area contributed by atoms with Gasteiger partial charge in [-0.05, 0) is 38.5 Å². The van der Waals surface area contributed by atoms with E-state index in [1.165, 1.54) is 0 Å². The molecule has 1 aliphatic carbocycles. The molecule has 0 aromatic carbocycles. The molecule has 1 aliphatic rings. The van der Waals surface area contributed by atoms with Gasteiger partial charge in [-0.25, -0.2) is 0 Å². The summed E-state index contributed by atoms with van der Waals surface area (Å²) in [5.74, 6) is 0.460. The average Bonchev–Trinajstić information content (AvgIpc) is 2.22. The van der Waals surface area contributed by atoms with Gasteiger partial charge in [0.15, 0.2) is 0 Å². The van der Waals surface area contributed by atoms with Gasteiger partial charge in [-0.1, -0.05) is 6.92 Å². The summed E-state index contributed by atoms with van der Waals surface area (Å²) in [6, 6.07) is 2.33. The molecular weight excluding hydrogens is 190 g/mol. The molecule has 0 aromatic rings. The van der Waals surface area contributed by atoms with Crippen LogP contribution in [0.4, 0.5) is 0 Å². The summed E-state index contributed by atoms with van der Waals surface area (Å²) >= 11 is 0. The van der Waals surface area contributed by atoms with Crippen LogP contribution in [-0.4, -0.2) is 12.6 Å². The summed E-state index contributed by atoms with van der Waals surface area (Å²) in [6.45, 7) is 4.39. The number of nitriles is 1. The van der Waals surface area contributed by atoms with E-state index in [1.807, 2.05) is 0 Å². The maximum atomic E-state index is 11.4. The molecule has 0 aliphatic heterocycles. The van der Waals surface area contributed by atoms with Crippen LogP contribution in [0, 0.1) is 22.7 Å². The zero-order valence-electron chi connectivity index (χ0n) is 9.58. The van der Waals surface area contributed by atoms with Crippen molar-refractivity contribution in [2.75, 3.05) is 6.61 Å². The van der Waals surface area contributed by atoms with Gasteiger partial charge in [0.2, 0.25) is 0 Å². The van der Waals surface area contributed by atoms with Crippen molar-refractivity contribution in [3.05, 3.63) is 0 Å². The second kappa shape index (κ2) is 5.16. The number of carbonyl (C=O) groups is 1. The Balaban J connectivity index is 2.55. The lowest BCUT2D eigenvalue weighted by atomic mass is 9.70. The quantitative estimate of drug-likeness (QED) is 0.671. The van der Waals surface area contributed by atoms with Crippen LogP contribution in [0.2, 0.25) is 0 Å². The fourth-order valence-electron chi connectivity index (χ4n) is 2.13. The summed E-state index contributed by atoms with van der Waals surface area (Å²) < 4.78 is 4.91. The number of ether oxygens (including phenoxy) is 1. The molecule has 1 rings (SSSR count). The molecule has 0 spiro atoms. The molecule has 1 fully saturated rings. The second-order valence-electron chi connectivity index (χ2n) is 4.56. The average molecular weight is 209 g/mol. The molecule has 0 saturated heterocycles. The van der Waals surface area contributed by atoms with Gasteiger partial charge in [0.05, 0.1) is 24.5 Å². The van der Waals surface area contributed by atoms with Gasteiger partial charge in [-0.2, -0.15) is 5.26 Å². The van der Waals surface area contributed by atoms with E-state index in [0.29, 0.717) is 12.5 Å². The third kappa shape index (κ3) is 3.23. The molecule has 15 heavy (non-hydrogen) atoms. The maximum absolute atomic E-state index is 11.4. The molecule has 0 N–H and O–H groups in total. The molecule has 0 atom stereocenters. The van der Waals surface area contributed by atoms with Crippen LogP contribution in [0.25, 0.3) is 0 Å². The number of carbonyl (C=O) groups excluding carboxylic acids is 1. The Morgan fingerprint density at radius 3 is 2.60 bits per heavy atom. The molecule has 0 unspecified atom stereocenters. The van der Waals surface area contributed by atoms with E-state index in [4.69, 9.17) is 4.74 Å². The first-order chi connectivity index (χ1) is 7.12. The summed E-state index contributed by atoms with van der Waals surface area (Å²) in [6.07, 6.45) is 4.04. The lowest BCUT2D eigenvalue weighted by Gasteiger charge is -2.32. The van der Waals surface area contributed by atoms with Gasteiger partial charge in [0, 0.05) is 0 Å². The van der Waals surface area contributed by atoms with Gasteiger partial charge in [0.1, 0.15) is 0 Å². The van der Waals surface area contributed by atoms with E-state index in [1.54, 1.807) is 6.92 Å². The molecule has 0 amide bonds. The molecule has 3 nitrogen and oxygen atoms in total. The highest BCUT2D eigenvalue weighted by Gasteiger charge is 2.36. The van der Waals surface area contributed by atoms with Crippen molar-refractivity contribution in [1.82, 2.24) is 0 Å². The van der Waals surface area contributed by atoms with E-state index < -0.39 is 5.41 Å². The van der Waals surface area contributed by atoms with Gasteiger partial charge < -0.3 is 4.74 Å². The molecule has 3 heteroatoms. The first-order valence-corrected chi connectivity index (χ1v) is 5.69. The van der Waals surface area contributed by atoms with Crippen LogP contribution in [0.15, 0.2) is 0 Å². The topological polar surface area (TPSA) is 50.1 Å². The Labute approximate surface area is 91.4 Å². The van der Waals surface area contributed by atoms with Gasteiger partial charge >= 0.3 is 5.97 Å². The number of esters is 1. The Kier molecular flexibility index (Phi) is 4.14. The highest BCUT2D eigenvalue weighted by Crippen LogP contribution is 2.41. The predicted molar refractivity (Wildman–Crippen MR) is 56.9 cm³/mol. The smallest absolute Gasteiger partial charge is 0.307 e. The number of rotatable bonds is 3. The minimum atomic E-state index is -0.446. The second-order valence-corrected chi connectivity index (χ2v) is 4.56. The van der Waals surface area contributed by atoms with Gasteiger partial charge in [-0.3, -0.25) is 4.79 Å². The highest BCUT2D eigenvalue weighted by atomic mass is 16.5. The largest absolute Gasteiger partial charge is 0.466 e. The molecule has 0 radical (unpaired) electrons. The maximum Gasteiger partial charge on any atom is 0.307 e. The minimum absolute atomic E-state index is 0.228. The van der Waals surface area contributed by atoms with E-state index in [2.05, 4.69) is 13.0 Å². The summed E-state index contributed by atoms with van der Waals surface area (Å²) in [4.78, 5) is 11.4. The Morgan fingerprint density at radius 1 is 1.53 bits per heavy atom. The van der Waals surface area contributed by atoms with Gasteiger partial charge in [0.25, 0.3) is 0 Å². The van der Waals surface area contributed by atoms with Gasteiger partial charge in [-0.15, -0.1) is 0 Å². The van der Waals surface area contributed by atoms with Crippen LogP contribution in [0.1, 0.15) is 46.0 Å². The summed E-state index contributed by atoms with van der Waals surface area (Å²) in [5.41, 5.74) is -0.446. The van der Waals surface area contributed by atoms with Crippen LogP contribution in [0.3, 0.4) is 0 Å². The lowest BCUT2D eigenvalue weighted by molar-refractivity contribution is -0.145. The van der Waals surface area contributed by atoms with Crippen molar-refractivity contribution in [2.24, 2.45) is 11.3 Å². The number of nitrogens with zero attached hydrogens (tertiary/aromatic N) is 1. The minimum Gasteiger partial charge on any atom is -0.466 e. The number of hydrogen-bond acceptors (Lipinski definition) is 3. The third-order valence-electron chi connectivity index (χ3n) is 3.26. The normalized spacial score (nSPS) is 30.6. The highest BCUT2D eigenvalue weighted by molar-refractivity contribution is 5.70. The number of hydrogen-bond donors (Lipinski definition) is 0. The Hall–Kier alpha value is -1.04.